The molecule has 1 aromatic carbocycles. The lowest BCUT2D eigenvalue weighted by molar-refractivity contribution is -0.169. The number of nitrogens with one attached hydrogen (secondary N) is 1. The largest absolute Gasteiger partial charge is 0.370 e. The first-order chi connectivity index (χ1) is 12.6. The number of ether oxygens (including phenoxy) is 2. The zero-order valence-corrected chi connectivity index (χ0v) is 14.3. The normalized spacial score (nSPS) is 18.9. The van der Waals surface area contributed by atoms with Gasteiger partial charge in [-0.3, -0.25) is 4.79 Å². The summed E-state index contributed by atoms with van der Waals surface area (Å²) in [7, 11) is 0. The van der Waals surface area contributed by atoms with Crippen LogP contribution in [-0.2, 0) is 9.47 Å². The average Bonchev–Trinajstić information content (AvgIpc) is 3.11. The number of rotatable bonds is 3. The summed E-state index contributed by atoms with van der Waals surface area (Å²) in [5, 5.41) is 2.68. The molecule has 0 aliphatic carbocycles. The lowest BCUT2D eigenvalue weighted by Gasteiger charge is -2.38. The van der Waals surface area contributed by atoms with Crippen molar-refractivity contribution in [3.63, 3.8) is 0 Å². The number of hydrogen-bond donors (Lipinski definition) is 1. The molecule has 2 aliphatic heterocycles. The van der Waals surface area contributed by atoms with Crippen molar-refractivity contribution in [1.82, 2.24) is 4.98 Å². The molecule has 2 aliphatic rings. The van der Waals surface area contributed by atoms with Crippen LogP contribution in [0.5, 0.6) is 0 Å². The van der Waals surface area contributed by atoms with E-state index in [-0.39, 0.29) is 11.5 Å². The van der Waals surface area contributed by atoms with Crippen LogP contribution in [0.4, 0.5) is 15.9 Å². The van der Waals surface area contributed by atoms with Gasteiger partial charge in [0.1, 0.15) is 11.6 Å². The van der Waals surface area contributed by atoms with Crippen molar-refractivity contribution < 1.29 is 18.7 Å². The van der Waals surface area contributed by atoms with Crippen LogP contribution < -0.4 is 10.2 Å². The number of pyridine rings is 1. The van der Waals surface area contributed by atoms with E-state index in [1.54, 1.807) is 18.3 Å². The van der Waals surface area contributed by atoms with Gasteiger partial charge in [-0.1, -0.05) is 6.07 Å². The predicted molar refractivity (Wildman–Crippen MR) is 94.7 cm³/mol. The van der Waals surface area contributed by atoms with Crippen molar-refractivity contribution in [2.75, 3.05) is 36.5 Å². The molecule has 6 nitrogen and oxygen atoms in total. The molecule has 0 radical (unpaired) electrons. The number of nitrogens with zero attached hydrogens (tertiary/aromatic N) is 2. The van der Waals surface area contributed by atoms with Gasteiger partial charge in [0.15, 0.2) is 5.79 Å². The Balaban J connectivity index is 1.37. The second kappa shape index (κ2) is 7.01. The summed E-state index contributed by atoms with van der Waals surface area (Å²) in [6, 6.07) is 9.22. The van der Waals surface area contributed by atoms with Gasteiger partial charge in [0.05, 0.1) is 25.1 Å². The van der Waals surface area contributed by atoms with Crippen LogP contribution in [0.25, 0.3) is 0 Å². The number of carbonyl (C=O) groups excluding carboxylic acids is 1. The molecule has 0 saturated carbocycles. The lowest BCUT2D eigenvalue weighted by Crippen LogP contribution is -2.45. The molecule has 2 saturated heterocycles. The maximum atomic E-state index is 13.2. The quantitative estimate of drug-likeness (QED) is 0.915. The highest BCUT2D eigenvalue weighted by Crippen LogP contribution is 2.33. The molecular weight excluding hydrogens is 337 g/mol. The van der Waals surface area contributed by atoms with Crippen LogP contribution in [-0.4, -0.2) is 43.0 Å². The molecule has 0 unspecified atom stereocenters. The van der Waals surface area contributed by atoms with E-state index < -0.39 is 11.6 Å². The number of carbonyl (C=O) groups is 1. The van der Waals surface area contributed by atoms with E-state index in [2.05, 4.69) is 15.2 Å². The zero-order chi connectivity index (χ0) is 18.0. The first-order valence-corrected chi connectivity index (χ1v) is 8.69. The van der Waals surface area contributed by atoms with Crippen LogP contribution in [0.1, 0.15) is 23.2 Å². The molecule has 2 fully saturated rings. The van der Waals surface area contributed by atoms with Gasteiger partial charge in [-0.05, 0) is 30.3 Å². The van der Waals surface area contributed by atoms with E-state index >= 15 is 0 Å². The third-order valence-corrected chi connectivity index (χ3v) is 4.78. The fourth-order valence-electron chi connectivity index (χ4n) is 3.36. The Labute approximate surface area is 150 Å². The number of amides is 1. The Bertz CT molecular complexity index is 781. The molecule has 2 aromatic rings. The van der Waals surface area contributed by atoms with Crippen molar-refractivity contribution in [2.45, 2.75) is 18.6 Å². The topological polar surface area (TPSA) is 63.7 Å². The van der Waals surface area contributed by atoms with Crippen molar-refractivity contribution in [2.24, 2.45) is 0 Å². The molecule has 136 valence electrons. The number of piperidine rings is 1. The second-order valence-corrected chi connectivity index (χ2v) is 6.46. The molecule has 4 rings (SSSR count). The summed E-state index contributed by atoms with van der Waals surface area (Å²) in [5.41, 5.74) is 1.25. The van der Waals surface area contributed by atoms with Gasteiger partial charge in [-0.25, -0.2) is 9.37 Å². The summed E-state index contributed by atoms with van der Waals surface area (Å²) in [4.78, 5) is 18.7. The fourth-order valence-corrected chi connectivity index (χ4v) is 3.36. The van der Waals surface area contributed by atoms with Gasteiger partial charge < -0.3 is 19.7 Å². The molecule has 0 atom stereocenters. The fraction of sp³-hybridized carbons (Fsp3) is 0.368. The van der Waals surface area contributed by atoms with E-state index in [1.807, 2.05) is 6.07 Å². The standard InChI is InChI=1S/C19H20FN3O3/c20-15-3-1-2-14(12-15)18(24)22-17-5-4-16(13-21-17)23-8-6-19(7-9-23)25-10-11-26-19/h1-5,12-13H,6-11H2,(H,21,22,24). The number of anilines is 2. The minimum Gasteiger partial charge on any atom is -0.370 e. The van der Waals surface area contributed by atoms with Gasteiger partial charge >= 0.3 is 0 Å². The average molecular weight is 357 g/mol. The number of hydrogen-bond acceptors (Lipinski definition) is 5. The van der Waals surface area contributed by atoms with Crippen molar-refractivity contribution >= 4 is 17.4 Å². The molecular formula is C19H20FN3O3. The zero-order valence-electron chi connectivity index (χ0n) is 14.3. The maximum absolute atomic E-state index is 13.2. The highest BCUT2D eigenvalue weighted by Gasteiger charge is 2.39. The Kier molecular flexibility index (Phi) is 4.57. The predicted octanol–water partition coefficient (Wildman–Crippen LogP) is 2.82. The maximum Gasteiger partial charge on any atom is 0.256 e. The van der Waals surface area contributed by atoms with Crippen LogP contribution in [0.15, 0.2) is 42.6 Å². The first-order valence-electron chi connectivity index (χ1n) is 8.69. The van der Waals surface area contributed by atoms with E-state index in [0.717, 1.165) is 31.6 Å². The molecule has 0 bridgehead atoms. The van der Waals surface area contributed by atoms with Crippen LogP contribution in [0.3, 0.4) is 0 Å². The van der Waals surface area contributed by atoms with Gasteiger partial charge in [-0.15, -0.1) is 0 Å². The van der Waals surface area contributed by atoms with E-state index in [1.165, 1.54) is 18.2 Å². The Hall–Kier alpha value is -2.51. The van der Waals surface area contributed by atoms with Gasteiger partial charge in [0.25, 0.3) is 5.91 Å². The van der Waals surface area contributed by atoms with Crippen LogP contribution in [0, 0.1) is 5.82 Å². The van der Waals surface area contributed by atoms with Crippen LogP contribution >= 0.6 is 0 Å². The smallest absolute Gasteiger partial charge is 0.256 e. The summed E-state index contributed by atoms with van der Waals surface area (Å²) >= 11 is 0. The minimum atomic E-state index is -0.445. The SMILES string of the molecule is O=C(Nc1ccc(N2CCC3(CC2)OCCO3)cn1)c1cccc(F)c1. The van der Waals surface area contributed by atoms with Gasteiger partial charge in [-0.2, -0.15) is 0 Å². The molecule has 1 amide bonds. The molecule has 3 heterocycles. The third kappa shape index (κ3) is 3.54. The Morgan fingerprint density at radius 1 is 1.15 bits per heavy atom. The summed E-state index contributed by atoms with van der Waals surface area (Å²) in [6.07, 6.45) is 3.38. The lowest BCUT2D eigenvalue weighted by atomic mass is 10.0. The summed E-state index contributed by atoms with van der Waals surface area (Å²) < 4.78 is 24.7. The highest BCUT2D eigenvalue weighted by atomic mass is 19.1. The monoisotopic (exact) mass is 357 g/mol. The van der Waals surface area contributed by atoms with Crippen molar-refractivity contribution in [3.8, 4) is 0 Å². The number of halogens is 1. The highest BCUT2D eigenvalue weighted by molar-refractivity contribution is 6.03. The van der Waals surface area contributed by atoms with E-state index in [0.29, 0.717) is 19.0 Å². The Morgan fingerprint density at radius 3 is 2.58 bits per heavy atom. The van der Waals surface area contributed by atoms with Crippen LogP contribution in [0.2, 0.25) is 0 Å². The molecule has 26 heavy (non-hydrogen) atoms. The minimum absolute atomic E-state index is 0.258. The van der Waals surface area contributed by atoms with Crippen molar-refractivity contribution in [3.05, 3.63) is 54.0 Å². The summed E-state index contributed by atoms with van der Waals surface area (Å²) in [6.45, 7) is 3.00. The second-order valence-electron chi connectivity index (χ2n) is 6.46. The number of aromatic nitrogens is 1. The number of benzene rings is 1. The third-order valence-electron chi connectivity index (χ3n) is 4.78. The van der Waals surface area contributed by atoms with Crippen molar-refractivity contribution in [1.29, 1.82) is 0 Å². The molecule has 1 aromatic heterocycles. The van der Waals surface area contributed by atoms with E-state index in [9.17, 15) is 9.18 Å². The summed E-state index contributed by atoms with van der Waals surface area (Å²) in [5.74, 6) is -0.804. The van der Waals surface area contributed by atoms with Gasteiger partial charge in [0, 0.05) is 31.5 Å². The van der Waals surface area contributed by atoms with Gasteiger partial charge in [0.2, 0.25) is 0 Å². The van der Waals surface area contributed by atoms with E-state index in [4.69, 9.17) is 9.47 Å². The molecule has 1 spiro atoms. The molecule has 7 heteroatoms. The Morgan fingerprint density at radius 2 is 1.92 bits per heavy atom. The molecule has 1 N–H and O–H groups in total. The first kappa shape index (κ1) is 16.9.